The molecule has 0 radical (unpaired) electrons. The molecule has 186 valence electrons. The summed E-state index contributed by atoms with van der Waals surface area (Å²) >= 11 is 6.75. The van der Waals surface area contributed by atoms with Gasteiger partial charge in [0.25, 0.3) is 0 Å². The molecule has 2 atom stereocenters. The Morgan fingerprint density at radius 3 is 2.57 bits per heavy atom. The molecule has 2 saturated heterocycles. The van der Waals surface area contributed by atoms with Crippen LogP contribution in [-0.2, 0) is 15.0 Å². The van der Waals surface area contributed by atoms with Crippen LogP contribution in [0.3, 0.4) is 0 Å². The number of halogens is 1. The second-order valence-electron chi connectivity index (χ2n) is 11.1. The molecule has 35 heavy (non-hydrogen) atoms. The molecular formula is C25H31ClN6O3. The van der Waals surface area contributed by atoms with E-state index < -0.39 is 6.10 Å². The quantitative estimate of drug-likeness (QED) is 0.578. The molecule has 0 spiro atoms. The Balaban J connectivity index is 1.13. The number of hydrogen-bond donors (Lipinski definition) is 1. The van der Waals surface area contributed by atoms with Gasteiger partial charge in [-0.25, -0.2) is 4.68 Å². The average Bonchev–Trinajstić information content (AvgIpc) is 3.52. The second kappa shape index (κ2) is 7.43. The van der Waals surface area contributed by atoms with Gasteiger partial charge in [0.2, 0.25) is 0 Å². The molecule has 1 N–H and O–H groups in total. The number of aliphatic hydroxyl groups excluding tert-OH is 1. The number of aromatic nitrogens is 4. The summed E-state index contributed by atoms with van der Waals surface area (Å²) in [5.74, 6) is 0. The maximum Gasteiger partial charge on any atom is 0.103 e. The Morgan fingerprint density at radius 1 is 1.11 bits per heavy atom. The highest BCUT2D eigenvalue weighted by molar-refractivity contribution is 6.34. The van der Waals surface area contributed by atoms with Crippen LogP contribution in [0.4, 0.5) is 5.69 Å². The number of aliphatic hydroxyl groups is 1. The number of methoxy groups -OCH3 is 1. The van der Waals surface area contributed by atoms with E-state index in [0.717, 1.165) is 72.7 Å². The summed E-state index contributed by atoms with van der Waals surface area (Å²) in [6.07, 6.45) is 8.52. The zero-order chi connectivity index (χ0) is 24.0. The zero-order valence-electron chi connectivity index (χ0n) is 20.2. The highest BCUT2D eigenvalue weighted by atomic mass is 35.5. The molecule has 1 aromatic carbocycles. The number of anilines is 1. The smallest absolute Gasteiger partial charge is 0.103 e. The summed E-state index contributed by atoms with van der Waals surface area (Å²) in [6, 6.07) is 4.15. The fraction of sp³-hybridized carbons (Fsp3) is 0.600. The molecule has 2 aliphatic heterocycles. The normalized spacial score (nSPS) is 34.9. The van der Waals surface area contributed by atoms with Crippen LogP contribution in [0.2, 0.25) is 5.02 Å². The van der Waals surface area contributed by atoms with Gasteiger partial charge in [-0.1, -0.05) is 11.6 Å². The van der Waals surface area contributed by atoms with E-state index >= 15 is 0 Å². The van der Waals surface area contributed by atoms with Crippen molar-refractivity contribution in [3.05, 3.63) is 35.7 Å². The first-order valence-corrected chi connectivity index (χ1v) is 12.8. The van der Waals surface area contributed by atoms with Crippen LogP contribution in [0.1, 0.15) is 26.2 Å². The lowest BCUT2D eigenvalue weighted by molar-refractivity contribution is -0.265. The lowest BCUT2D eigenvalue weighted by atomic mass is 9.46. The van der Waals surface area contributed by atoms with Crippen molar-refractivity contribution >= 4 is 28.2 Å². The average molecular weight is 499 g/mol. The lowest BCUT2D eigenvalue weighted by Crippen LogP contribution is -2.73. The summed E-state index contributed by atoms with van der Waals surface area (Å²) in [7, 11) is 1.81. The first kappa shape index (κ1) is 22.1. The molecule has 3 saturated carbocycles. The highest BCUT2D eigenvalue weighted by Crippen LogP contribution is 2.66. The van der Waals surface area contributed by atoms with Crippen LogP contribution in [-0.4, -0.2) is 93.3 Å². The third kappa shape index (κ3) is 3.08. The second-order valence-corrected chi connectivity index (χ2v) is 11.5. The molecule has 0 unspecified atom stereocenters. The van der Waals surface area contributed by atoms with Crippen LogP contribution < -0.4 is 4.90 Å². The molecule has 2 bridgehead atoms. The third-order valence-electron chi connectivity index (χ3n) is 9.05. The summed E-state index contributed by atoms with van der Waals surface area (Å²) in [5, 5.41) is 21.5. The van der Waals surface area contributed by atoms with Gasteiger partial charge in [0.05, 0.1) is 70.8 Å². The van der Waals surface area contributed by atoms with Crippen molar-refractivity contribution in [2.75, 3.05) is 51.4 Å². The number of fused-ring (bicyclic) bond motifs is 1. The van der Waals surface area contributed by atoms with Crippen molar-refractivity contribution < 1.29 is 14.6 Å². The van der Waals surface area contributed by atoms with Gasteiger partial charge in [-0.2, -0.15) is 10.2 Å². The minimum Gasteiger partial charge on any atom is -0.389 e. The Hall–Kier alpha value is -2.17. The minimum atomic E-state index is -0.449. The molecule has 5 fully saturated rings. The van der Waals surface area contributed by atoms with E-state index in [2.05, 4.69) is 38.8 Å². The predicted molar refractivity (Wildman–Crippen MR) is 132 cm³/mol. The molecule has 10 heteroatoms. The standard InChI is InChI=1S/C25H31ClN6O3/c1-23(16-35-12-22(23)33)30-5-3-29(4-6-30)21-8-20-17(7-19(21)26)9-28-32(20)18-10-27-31(11-18)24-13-25(14-24,15-24)34-2/h7-11,22,33H,3-6,12-16H2,1-2H3/t22-,23+,24?,25?/m0/s1. The van der Waals surface area contributed by atoms with E-state index in [1.807, 2.05) is 30.3 Å². The molecule has 8 rings (SSSR count). The fourth-order valence-corrected chi connectivity index (χ4v) is 6.97. The van der Waals surface area contributed by atoms with Gasteiger partial charge < -0.3 is 19.5 Å². The van der Waals surface area contributed by atoms with Crippen molar-refractivity contribution in [2.45, 2.75) is 49.0 Å². The maximum atomic E-state index is 10.4. The number of piperazine rings is 1. The van der Waals surface area contributed by atoms with E-state index in [-0.39, 0.29) is 16.7 Å². The summed E-state index contributed by atoms with van der Waals surface area (Å²) in [6.45, 7) is 6.45. The van der Waals surface area contributed by atoms with Gasteiger partial charge in [-0.15, -0.1) is 0 Å². The SMILES string of the molecule is COC12CC(n3cc(-n4ncc5cc(Cl)c(N6CCN([C@]7(C)COC[C@@H]7O)CC6)cc54)cn3)(C1)C2. The van der Waals surface area contributed by atoms with E-state index in [1.54, 1.807) is 0 Å². The predicted octanol–water partition coefficient (Wildman–Crippen LogP) is 2.43. The first-order chi connectivity index (χ1) is 16.8. The van der Waals surface area contributed by atoms with Crippen LogP contribution in [0.25, 0.3) is 16.6 Å². The van der Waals surface area contributed by atoms with Crippen LogP contribution in [0, 0.1) is 0 Å². The molecular weight excluding hydrogens is 468 g/mol. The number of benzene rings is 1. The summed E-state index contributed by atoms with van der Waals surface area (Å²) < 4.78 is 15.3. The highest BCUT2D eigenvalue weighted by Gasteiger charge is 2.70. The van der Waals surface area contributed by atoms with E-state index in [1.165, 1.54) is 0 Å². The van der Waals surface area contributed by atoms with Gasteiger partial charge in [-0.05, 0) is 19.1 Å². The van der Waals surface area contributed by atoms with E-state index in [0.29, 0.717) is 13.2 Å². The number of rotatable bonds is 5. The molecule has 5 aliphatic rings. The molecule has 3 aromatic rings. The third-order valence-corrected chi connectivity index (χ3v) is 9.36. The number of hydrogen-bond acceptors (Lipinski definition) is 7. The molecule has 9 nitrogen and oxygen atoms in total. The van der Waals surface area contributed by atoms with Crippen molar-refractivity contribution in [2.24, 2.45) is 0 Å². The number of ether oxygens (including phenoxy) is 2. The van der Waals surface area contributed by atoms with E-state index in [4.69, 9.17) is 26.2 Å². The Bertz CT molecular complexity index is 1280. The number of nitrogens with zero attached hydrogens (tertiary/aromatic N) is 6. The Labute approximate surface area is 209 Å². The van der Waals surface area contributed by atoms with Gasteiger partial charge >= 0.3 is 0 Å². The fourth-order valence-electron chi connectivity index (χ4n) is 6.68. The largest absolute Gasteiger partial charge is 0.389 e. The van der Waals surface area contributed by atoms with Crippen LogP contribution >= 0.6 is 11.6 Å². The van der Waals surface area contributed by atoms with Crippen LogP contribution in [0.5, 0.6) is 0 Å². The molecule has 0 amide bonds. The van der Waals surface area contributed by atoms with Crippen molar-refractivity contribution in [1.29, 1.82) is 0 Å². The Morgan fingerprint density at radius 2 is 1.89 bits per heavy atom. The zero-order valence-corrected chi connectivity index (χ0v) is 20.9. The minimum absolute atomic E-state index is 0.0838. The monoisotopic (exact) mass is 498 g/mol. The Kier molecular flexibility index (Phi) is 4.68. The van der Waals surface area contributed by atoms with Gasteiger partial charge in [0, 0.05) is 57.9 Å². The molecule has 4 heterocycles. The van der Waals surface area contributed by atoms with Crippen molar-refractivity contribution in [1.82, 2.24) is 24.5 Å². The van der Waals surface area contributed by atoms with Gasteiger partial charge in [-0.3, -0.25) is 9.58 Å². The molecule has 3 aliphatic carbocycles. The van der Waals surface area contributed by atoms with Crippen molar-refractivity contribution in [3.63, 3.8) is 0 Å². The maximum absolute atomic E-state index is 10.4. The van der Waals surface area contributed by atoms with Crippen molar-refractivity contribution in [3.8, 4) is 5.69 Å². The molecule has 2 aromatic heterocycles. The van der Waals surface area contributed by atoms with E-state index in [9.17, 15) is 5.11 Å². The first-order valence-electron chi connectivity index (χ1n) is 12.4. The van der Waals surface area contributed by atoms with Gasteiger partial charge in [0.1, 0.15) is 5.69 Å². The summed E-state index contributed by atoms with van der Waals surface area (Å²) in [4.78, 5) is 4.68. The van der Waals surface area contributed by atoms with Gasteiger partial charge in [0.15, 0.2) is 0 Å². The topological polar surface area (TPSA) is 80.8 Å². The van der Waals surface area contributed by atoms with Crippen LogP contribution in [0.15, 0.2) is 30.7 Å². The summed E-state index contributed by atoms with van der Waals surface area (Å²) in [5.41, 5.74) is 2.87. The lowest BCUT2D eigenvalue weighted by Gasteiger charge is -2.68.